The number of aryl methyl sites for hydroxylation is 1. The van der Waals surface area contributed by atoms with Crippen LogP contribution in [0, 0.1) is 6.92 Å². The van der Waals surface area contributed by atoms with Crippen molar-refractivity contribution in [2.24, 2.45) is 0 Å². The van der Waals surface area contributed by atoms with Gasteiger partial charge in [0, 0.05) is 41.9 Å². The van der Waals surface area contributed by atoms with Gasteiger partial charge in [-0.1, -0.05) is 6.92 Å². The van der Waals surface area contributed by atoms with E-state index in [2.05, 4.69) is 53.2 Å². The molecule has 0 radical (unpaired) electrons. The van der Waals surface area contributed by atoms with Gasteiger partial charge in [0.05, 0.1) is 10.7 Å². The average Bonchev–Trinajstić information content (AvgIpc) is 2.75. The molecule has 3 nitrogen and oxygen atoms in total. The van der Waals surface area contributed by atoms with Gasteiger partial charge in [-0.15, -0.1) is 11.3 Å². The van der Waals surface area contributed by atoms with Crippen molar-refractivity contribution >= 4 is 23.1 Å². The molecule has 1 aromatic heterocycles. The average molecular weight is 285 g/mol. The first kappa shape index (κ1) is 14.3. The summed E-state index contributed by atoms with van der Waals surface area (Å²) in [6.45, 7) is 6.50. The third-order valence-electron chi connectivity index (χ3n) is 3.47. The number of nitrogens with one attached hydrogen (secondary N) is 1. The molecule has 5 heteroatoms. The van der Waals surface area contributed by atoms with Gasteiger partial charge < -0.3 is 10.2 Å². The molecule has 18 heavy (non-hydrogen) atoms. The molecule has 1 saturated heterocycles. The van der Waals surface area contributed by atoms with E-state index < -0.39 is 0 Å². The minimum atomic E-state index is 0.522. The van der Waals surface area contributed by atoms with Crippen molar-refractivity contribution in [3.8, 4) is 0 Å². The summed E-state index contributed by atoms with van der Waals surface area (Å²) in [5.41, 5.74) is 1.24. The number of nitrogens with zero attached hydrogens (tertiary/aromatic N) is 2. The summed E-state index contributed by atoms with van der Waals surface area (Å²) in [6.07, 6.45) is 1.05. The SMILES string of the molecule is CCNC(Cc1csc(C)n1)C1CSCCN1C. The Hall–Kier alpha value is -0.100. The third-order valence-corrected chi connectivity index (χ3v) is 5.34. The van der Waals surface area contributed by atoms with E-state index in [0.717, 1.165) is 13.0 Å². The van der Waals surface area contributed by atoms with Crippen LogP contribution in [0.2, 0.25) is 0 Å². The molecule has 1 fully saturated rings. The van der Waals surface area contributed by atoms with Crippen LogP contribution in [0.1, 0.15) is 17.6 Å². The molecule has 0 saturated carbocycles. The van der Waals surface area contributed by atoms with Crippen LogP contribution in [-0.2, 0) is 6.42 Å². The lowest BCUT2D eigenvalue weighted by molar-refractivity contribution is 0.214. The van der Waals surface area contributed by atoms with Gasteiger partial charge in [0.25, 0.3) is 0 Å². The lowest BCUT2D eigenvalue weighted by atomic mass is 10.0. The molecular weight excluding hydrogens is 262 g/mol. The van der Waals surface area contributed by atoms with Gasteiger partial charge in [-0.05, 0) is 20.5 Å². The maximum atomic E-state index is 4.61. The minimum absolute atomic E-state index is 0.522. The first-order chi connectivity index (χ1) is 8.70. The fourth-order valence-corrected chi connectivity index (χ4v) is 4.40. The summed E-state index contributed by atoms with van der Waals surface area (Å²) in [7, 11) is 2.25. The Morgan fingerprint density at radius 1 is 1.61 bits per heavy atom. The zero-order chi connectivity index (χ0) is 13.0. The second-order valence-corrected chi connectivity index (χ2v) is 7.06. The van der Waals surface area contributed by atoms with Gasteiger partial charge in [0.2, 0.25) is 0 Å². The summed E-state index contributed by atoms with van der Waals surface area (Å²) in [4.78, 5) is 7.11. The number of thiazole rings is 1. The summed E-state index contributed by atoms with van der Waals surface area (Å²) < 4.78 is 0. The van der Waals surface area contributed by atoms with E-state index in [-0.39, 0.29) is 0 Å². The minimum Gasteiger partial charge on any atom is -0.312 e. The number of thioether (sulfide) groups is 1. The molecule has 2 atom stereocenters. The monoisotopic (exact) mass is 285 g/mol. The van der Waals surface area contributed by atoms with E-state index in [4.69, 9.17) is 0 Å². The maximum Gasteiger partial charge on any atom is 0.0897 e. The van der Waals surface area contributed by atoms with Crippen LogP contribution in [0.4, 0.5) is 0 Å². The normalized spacial score (nSPS) is 23.2. The molecule has 102 valence electrons. The van der Waals surface area contributed by atoms with E-state index in [9.17, 15) is 0 Å². The van der Waals surface area contributed by atoms with Crippen molar-refractivity contribution < 1.29 is 0 Å². The van der Waals surface area contributed by atoms with Crippen molar-refractivity contribution in [2.45, 2.75) is 32.4 Å². The van der Waals surface area contributed by atoms with Crippen LogP contribution in [-0.4, -0.2) is 53.6 Å². The Kier molecular flexibility index (Phi) is 5.48. The lowest BCUT2D eigenvalue weighted by Gasteiger charge is -2.38. The number of hydrogen-bond acceptors (Lipinski definition) is 5. The molecular formula is C13H23N3S2. The summed E-state index contributed by atoms with van der Waals surface area (Å²) in [5.74, 6) is 2.50. The van der Waals surface area contributed by atoms with Crippen molar-refractivity contribution in [3.05, 3.63) is 16.1 Å². The van der Waals surface area contributed by atoms with E-state index in [1.165, 1.54) is 28.8 Å². The Balaban J connectivity index is 2.02. The van der Waals surface area contributed by atoms with Gasteiger partial charge in [-0.2, -0.15) is 11.8 Å². The number of aromatic nitrogens is 1. The third kappa shape index (κ3) is 3.70. The van der Waals surface area contributed by atoms with Crippen LogP contribution >= 0.6 is 23.1 Å². The van der Waals surface area contributed by atoms with Crippen LogP contribution in [0.25, 0.3) is 0 Å². The zero-order valence-electron chi connectivity index (χ0n) is 11.5. The van der Waals surface area contributed by atoms with Crippen molar-refractivity contribution in [1.82, 2.24) is 15.2 Å². The van der Waals surface area contributed by atoms with Crippen LogP contribution in [0.5, 0.6) is 0 Å². The highest BCUT2D eigenvalue weighted by atomic mass is 32.2. The highest BCUT2D eigenvalue weighted by Crippen LogP contribution is 2.20. The van der Waals surface area contributed by atoms with Crippen LogP contribution in [0.15, 0.2) is 5.38 Å². The summed E-state index contributed by atoms with van der Waals surface area (Å²) >= 11 is 3.83. The highest BCUT2D eigenvalue weighted by Gasteiger charge is 2.27. The van der Waals surface area contributed by atoms with Gasteiger partial charge >= 0.3 is 0 Å². The standard InChI is InChI=1S/C13H23N3S2/c1-4-14-12(7-11-8-18-10(2)15-11)13-9-17-6-5-16(13)3/h8,12-14H,4-7,9H2,1-3H3. The molecule has 1 aliphatic rings. The van der Waals surface area contributed by atoms with Gasteiger partial charge in [0.1, 0.15) is 0 Å². The zero-order valence-corrected chi connectivity index (χ0v) is 13.1. The van der Waals surface area contributed by atoms with Crippen molar-refractivity contribution in [1.29, 1.82) is 0 Å². The summed E-state index contributed by atoms with van der Waals surface area (Å²) in [5, 5.41) is 7.03. The van der Waals surface area contributed by atoms with Gasteiger partial charge in [0.15, 0.2) is 0 Å². The smallest absolute Gasteiger partial charge is 0.0897 e. The Bertz CT molecular complexity index is 367. The molecule has 0 spiro atoms. The van der Waals surface area contributed by atoms with E-state index in [1.54, 1.807) is 11.3 Å². The first-order valence-electron chi connectivity index (χ1n) is 6.63. The van der Waals surface area contributed by atoms with Crippen LogP contribution < -0.4 is 5.32 Å². The Morgan fingerprint density at radius 3 is 3.06 bits per heavy atom. The maximum absolute atomic E-state index is 4.61. The molecule has 1 N–H and O–H groups in total. The second kappa shape index (κ2) is 6.89. The predicted molar refractivity (Wildman–Crippen MR) is 81.8 cm³/mol. The fourth-order valence-electron chi connectivity index (χ4n) is 2.46. The topological polar surface area (TPSA) is 28.2 Å². The lowest BCUT2D eigenvalue weighted by Crippen LogP contribution is -2.53. The molecule has 2 rings (SSSR count). The summed E-state index contributed by atoms with van der Waals surface area (Å²) in [6, 6.07) is 1.15. The van der Waals surface area contributed by atoms with Crippen LogP contribution in [0.3, 0.4) is 0 Å². The Morgan fingerprint density at radius 2 is 2.44 bits per heavy atom. The van der Waals surface area contributed by atoms with Crippen molar-refractivity contribution in [3.63, 3.8) is 0 Å². The molecule has 0 bridgehead atoms. The molecule has 1 aromatic rings. The molecule has 1 aliphatic heterocycles. The molecule has 2 unspecified atom stereocenters. The first-order valence-corrected chi connectivity index (χ1v) is 8.66. The fraction of sp³-hybridized carbons (Fsp3) is 0.769. The van der Waals surface area contributed by atoms with E-state index in [0.29, 0.717) is 12.1 Å². The molecule has 0 aliphatic carbocycles. The highest BCUT2D eigenvalue weighted by molar-refractivity contribution is 7.99. The van der Waals surface area contributed by atoms with E-state index >= 15 is 0 Å². The number of rotatable bonds is 5. The predicted octanol–water partition coefficient (Wildman–Crippen LogP) is 2.02. The van der Waals surface area contributed by atoms with E-state index in [1.807, 2.05) is 0 Å². The molecule has 0 aromatic carbocycles. The largest absolute Gasteiger partial charge is 0.312 e. The number of likely N-dealkylation sites (N-methyl/N-ethyl adjacent to an activating group) is 2. The molecule has 2 heterocycles. The van der Waals surface area contributed by atoms with Gasteiger partial charge in [-0.3, -0.25) is 0 Å². The Labute approximate surface area is 118 Å². The number of hydrogen-bond donors (Lipinski definition) is 1. The van der Waals surface area contributed by atoms with Gasteiger partial charge in [-0.25, -0.2) is 4.98 Å². The molecule has 0 amide bonds. The second-order valence-electron chi connectivity index (χ2n) is 4.85. The van der Waals surface area contributed by atoms with Crippen molar-refractivity contribution in [2.75, 3.05) is 31.6 Å². The quantitative estimate of drug-likeness (QED) is 0.896.